The van der Waals surface area contributed by atoms with Crippen LogP contribution in [-0.2, 0) is 0 Å². The van der Waals surface area contributed by atoms with Gasteiger partial charge in [0.05, 0.1) is 10.3 Å². The van der Waals surface area contributed by atoms with Crippen LogP contribution in [0.15, 0.2) is 42.5 Å². The molecule has 104 valence electrons. The van der Waals surface area contributed by atoms with Crippen LogP contribution < -0.4 is 0 Å². The lowest BCUT2D eigenvalue weighted by atomic mass is 9.98. The van der Waals surface area contributed by atoms with Crippen molar-refractivity contribution in [3.63, 3.8) is 0 Å². The van der Waals surface area contributed by atoms with Crippen LogP contribution in [0.3, 0.4) is 0 Å². The molecule has 0 spiro atoms. The molecule has 0 heterocycles. The first-order valence-corrected chi connectivity index (χ1v) is 6.05. The fourth-order valence-corrected chi connectivity index (χ4v) is 2.45. The molecule has 0 aliphatic heterocycles. The smallest absolute Gasteiger partial charge is 0.339 e. The van der Waals surface area contributed by atoms with Gasteiger partial charge in [-0.25, -0.2) is 4.79 Å². The molecule has 3 aromatic carbocycles. The molecule has 0 aromatic heterocycles. The van der Waals surface area contributed by atoms with E-state index in [2.05, 4.69) is 0 Å². The molecule has 0 unspecified atom stereocenters. The molecule has 21 heavy (non-hydrogen) atoms. The first-order valence-electron chi connectivity index (χ1n) is 6.05. The molecule has 0 radical (unpaired) electrons. The minimum absolute atomic E-state index is 0.0971. The highest BCUT2D eigenvalue weighted by molar-refractivity contribution is 6.13. The summed E-state index contributed by atoms with van der Waals surface area (Å²) in [6, 6.07) is 10.6. The molecule has 0 saturated carbocycles. The van der Waals surface area contributed by atoms with Gasteiger partial charge in [0.2, 0.25) is 0 Å². The van der Waals surface area contributed by atoms with E-state index in [0.29, 0.717) is 21.5 Å². The Kier molecular flexibility index (Phi) is 2.72. The second-order valence-electron chi connectivity index (χ2n) is 4.59. The number of hydrogen-bond acceptors (Lipinski definition) is 4. The standard InChI is InChI=1S/C15H9NO5/c17-14-7-11-8(5-12(14)15(18)19)6-13(16(20)21)10-4-2-1-3-9(10)11/h1-7,17H,(H,18,19). The fourth-order valence-electron chi connectivity index (χ4n) is 2.45. The van der Waals surface area contributed by atoms with Crippen molar-refractivity contribution >= 4 is 33.2 Å². The topological polar surface area (TPSA) is 101 Å². The van der Waals surface area contributed by atoms with Gasteiger partial charge in [-0.1, -0.05) is 18.2 Å². The number of rotatable bonds is 2. The first-order chi connectivity index (χ1) is 9.99. The van der Waals surface area contributed by atoms with Crippen molar-refractivity contribution in [2.45, 2.75) is 0 Å². The van der Waals surface area contributed by atoms with Crippen molar-refractivity contribution in [2.75, 3.05) is 0 Å². The van der Waals surface area contributed by atoms with E-state index in [1.54, 1.807) is 24.3 Å². The molecule has 3 rings (SSSR count). The number of phenols is 1. The Morgan fingerprint density at radius 2 is 1.71 bits per heavy atom. The number of non-ortho nitro benzene ring substituents is 1. The normalized spacial score (nSPS) is 10.9. The first kappa shape index (κ1) is 12.9. The van der Waals surface area contributed by atoms with Crippen molar-refractivity contribution in [3.05, 3.63) is 58.1 Å². The average Bonchev–Trinajstić information content (AvgIpc) is 2.45. The highest BCUT2D eigenvalue weighted by Crippen LogP contribution is 2.36. The molecule has 6 heteroatoms. The highest BCUT2D eigenvalue weighted by atomic mass is 16.6. The van der Waals surface area contributed by atoms with E-state index < -0.39 is 10.9 Å². The van der Waals surface area contributed by atoms with E-state index in [1.807, 2.05) is 0 Å². The number of aromatic hydroxyl groups is 1. The number of carbonyl (C=O) groups is 1. The Labute approximate surface area is 118 Å². The summed E-state index contributed by atoms with van der Waals surface area (Å²) < 4.78 is 0. The van der Waals surface area contributed by atoms with Crippen molar-refractivity contribution in [1.82, 2.24) is 0 Å². The van der Waals surface area contributed by atoms with Crippen LogP contribution in [0.2, 0.25) is 0 Å². The predicted octanol–water partition coefficient (Wildman–Crippen LogP) is 3.31. The summed E-state index contributed by atoms with van der Waals surface area (Å²) in [5.74, 6) is -1.65. The largest absolute Gasteiger partial charge is 0.507 e. The SMILES string of the molecule is O=C(O)c1cc2cc([N+](=O)[O-])c3ccccc3c2cc1O. The number of nitro benzene ring substituents is 1. The van der Waals surface area contributed by atoms with Gasteiger partial charge in [0.25, 0.3) is 5.69 Å². The Hall–Kier alpha value is -3.15. The monoisotopic (exact) mass is 283 g/mol. The molecule has 0 fully saturated rings. The number of nitro groups is 1. The van der Waals surface area contributed by atoms with Crippen molar-refractivity contribution in [1.29, 1.82) is 0 Å². The van der Waals surface area contributed by atoms with Crippen LogP contribution in [0.4, 0.5) is 5.69 Å². The molecule has 0 amide bonds. The second-order valence-corrected chi connectivity index (χ2v) is 4.59. The number of aromatic carboxylic acids is 1. The summed E-state index contributed by atoms with van der Waals surface area (Å²) in [6.07, 6.45) is 0. The van der Waals surface area contributed by atoms with E-state index in [-0.39, 0.29) is 17.0 Å². The number of benzene rings is 3. The van der Waals surface area contributed by atoms with Gasteiger partial charge in [0.1, 0.15) is 11.3 Å². The maximum atomic E-state index is 11.2. The summed E-state index contributed by atoms with van der Waals surface area (Å²) >= 11 is 0. The minimum Gasteiger partial charge on any atom is -0.507 e. The lowest BCUT2D eigenvalue weighted by Gasteiger charge is -2.07. The van der Waals surface area contributed by atoms with E-state index in [9.17, 15) is 20.0 Å². The molecule has 2 N–H and O–H groups in total. The highest BCUT2D eigenvalue weighted by Gasteiger charge is 2.18. The van der Waals surface area contributed by atoms with Gasteiger partial charge < -0.3 is 10.2 Å². The van der Waals surface area contributed by atoms with Gasteiger partial charge in [0.15, 0.2) is 0 Å². The van der Waals surface area contributed by atoms with E-state index in [1.165, 1.54) is 18.2 Å². The van der Waals surface area contributed by atoms with Crippen molar-refractivity contribution in [2.24, 2.45) is 0 Å². The van der Waals surface area contributed by atoms with Crippen molar-refractivity contribution < 1.29 is 19.9 Å². The maximum Gasteiger partial charge on any atom is 0.339 e. The lowest BCUT2D eigenvalue weighted by molar-refractivity contribution is -0.382. The zero-order valence-corrected chi connectivity index (χ0v) is 10.6. The number of hydrogen-bond donors (Lipinski definition) is 2. The molecule has 6 nitrogen and oxygen atoms in total. The molecule has 0 bridgehead atoms. The molecule has 0 aliphatic carbocycles. The number of fused-ring (bicyclic) bond motifs is 3. The summed E-state index contributed by atoms with van der Waals surface area (Å²) in [4.78, 5) is 21.7. The van der Waals surface area contributed by atoms with Crippen LogP contribution in [0.5, 0.6) is 5.75 Å². The molecule has 0 aliphatic rings. The van der Waals surface area contributed by atoms with E-state index in [4.69, 9.17) is 5.11 Å². The Bertz CT molecular complexity index is 917. The second kappa shape index (κ2) is 4.45. The molecular formula is C15H9NO5. The van der Waals surface area contributed by atoms with Gasteiger partial charge in [-0.2, -0.15) is 0 Å². The zero-order valence-electron chi connectivity index (χ0n) is 10.6. The zero-order chi connectivity index (χ0) is 15.1. The quantitative estimate of drug-likeness (QED) is 0.427. The van der Waals surface area contributed by atoms with Crippen LogP contribution in [0, 0.1) is 10.1 Å². The molecule has 3 aromatic rings. The van der Waals surface area contributed by atoms with Crippen LogP contribution in [0.25, 0.3) is 21.5 Å². The van der Waals surface area contributed by atoms with Crippen LogP contribution >= 0.6 is 0 Å². The molecular weight excluding hydrogens is 274 g/mol. The molecule has 0 atom stereocenters. The number of carboxylic acid groups (broad SMARTS) is 1. The maximum absolute atomic E-state index is 11.2. The van der Waals surface area contributed by atoms with Crippen LogP contribution in [0.1, 0.15) is 10.4 Å². The fraction of sp³-hybridized carbons (Fsp3) is 0. The van der Waals surface area contributed by atoms with Gasteiger partial charge in [-0.05, 0) is 34.4 Å². The summed E-state index contributed by atoms with van der Waals surface area (Å²) in [5, 5.41) is 32.0. The van der Waals surface area contributed by atoms with Gasteiger partial charge >= 0.3 is 5.97 Å². The number of carboxylic acids is 1. The average molecular weight is 283 g/mol. The third-order valence-corrected chi connectivity index (χ3v) is 3.38. The minimum atomic E-state index is -1.29. The number of nitrogens with zero attached hydrogens (tertiary/aromatic N) is 1. The van der Waals surface area contributed by atoms with Gasteiger partial charge in [-0.3, -0.25) is 10.1 Å². The van der Waals surface area contributed by atoms with Gasteiger partial charge in [0, 0.05) is 6.07 Å². The molecule has 0 saturated heterocycles. The third kappa shape index (κ3) is 1.93. The van der Waals surface area contributed by atoms with E-state index >= 15 is 0 Å². The van der Waals surface area contributed by atoms with Crippen LogP contribution in [-0.4, -0.2) is 21.1 Å². The summed E-state index contributed by atoms with van der Waals surface area (Å²) in [6.45, 7) is 0. The Balaban J connectivity index is 2.52. The predicted molar refractivity (Wildman–Crippen MR) is 76.7 cm³/mol. The third-order valence-electron chi connectivity index (χ3n) is 3.38. The van der Waals surface area contributed by atoms with E-state index in [0.717, 1.165) is 0 Å². The van der Waals surface area contributed by atoms with Gasteiger partial charge in [-0.15, -0.1) is 0 Å². The summed E-state index contributed by atoms with van der Waals surface area (Å²) in [7, 11) is 0. The Morgan fingerprint density at radius 1 is 1.05 bits per heavy atom. The lowest BCUT2D eigenvalue weighted by Crippen LogP contribution is -1.97. The van der Waals surface area contributed by atoms with Crippen molar-refractivity contribution in [3.8, 4) is 5.75 Å². The Morgan fingerprint density at radius 3 is 2.33 bits per heavy atom. The summed E-state index contributed by atoms with van der Waals surface area (Å²) in [5.41, 5.74) is -0.382.